The van der Waals surface area contributed by atoms with Crippen LogP contribution in [-0.4, -0.2) is 20.5 Å². The number of benzene rings is 1. The van der Waals surface area contributed by atoms with Crippen molar-refractivity contribution in [2.24, 2.45) is 0 Å². The Labute approximate surface area is 126 Å². The molecule has 0 saturated heterocycles. The molecule has 0 N–H and O–H groups in total. The zero-order valence-corrected chi connectivity index (χ0v) is 11.7. The van der Waals surface area contributed by atoms with Crippen LogP contribution in [0.25, 0.3) is 11.0 Å². The molecule has 0 aliphatic carbocycles. The second-order valence-electron chi connectivity index (χ2n) is 4.65. The zero-order valence-electron chi connectivity index (χ0n) is 11.7. The average molecular weight is 295 g/mol. The number of pyridine rings is 1. The number of rotatable bonds is 4. The second-order valence-corrected chi connectivity index (χ2v) is 4.65. The molecule has 1 aromatic carbocycles. The van der Waals surface area contributed by atoms with Crippen molar-refractivity contribution in [3.05, 3.63) is 70.9 Å². The van der Waals surface area contributed by atoms with Gasteiger partial charge < -0.3 is 4.74 Å². The number of nitrogens with zero attached hydrogens (tertiary/aromatic N) is 3. The van der Waals surface area contributed by atoms with E-state index in [1.54, 1.807) is 36.5 Å². The summed E-state index contributed by atoms with van der Waals surface area (Å²) < 4.78 is 6.50. The van der Waals surface area contributed by atoms with E-state index in [0.717, 1.165) is 0 Å². The third-order valence-electron chi connectivity index (χ3n) is 3.15. The number of fused-ring (bicyclic) bond motifs is 1. The van der Waals surface area contributed by atoms with E-state index in [2.05, 4.69) is 9.97 Å². The van der Waals surface area contributed by atoms with Gasteiger partial charge in [-0.25, -0.2) is 4.98 Å². The maximum Gasteiger partial charge on any atom is 0.326 e. The Bertz CT molecular complexity index is 859. The molecule has 0 bridgehead atoms. The molecular formula is C16H13N3O3. The highest BCUT2D eigenvalue weighted by molar-refractivity contribution is 5.77. The normalized spacial score (nSPS) is 10.5. The minimum absolute atomic E-state index is 0.0808. The molecular weight excluding hydrogens is 282 g/mol. The first-order valence-corrected chi connectivity index (χ1v) is 6.74. The van der Waals surface area contributed by atoms with Crippen LogP contribution in [0, 0.1) is 0 Å². The summed E-state index contributed by atoms with van der Waals surface area (Å²) in [6.07, 6.45) is 2.83. The first-order chi connectivity index (χ1) is 10.7. The molecule has 0 unspecified atom stereocenters. The number of aromatic nitrogens is 3. The monoisotopic (exact) mass is 295 g/mol. The van der Waals surface area contributed by atoms with Crippen LogP contribution in [0.3, 0.4) is 0 Å². The van der Waals surface area contributed by atoms with Crippen LogP contribution < -0.4 is 5.56 Å². The first kappa shape index (κ1) is 13.9. The van der Waals surface area contributed by atoms with Crippen LogP contribution in [0.1, 0.15) is 5.69 Å². The standard InChI is InChI=1S/C16H13N3O3/c20-15-9-18-13-6-1-2-7-14(13)19(15)10-16(21)22-11-12-5-3-4-8-17-12/h1-9H,10-11H2. The summed E-state index contributed by atoms with van der Waals surface area (Å²) in [5.41, 5.74) is 1.57. The van der Waals surface area contributed by atoms with Crippen molar-refractivity contribution in [3.63, 3.8) is 0 Å². The van der Waals surface area contributed by atoms with Gasteiger partial charge in [-0.2, -0.15) is 0 Å². The number of para-hydroxylation sites is 2. The molecule has 2 aromatic heterocycles. The smallest absolute Gasteiger partial charge is 0.326 e. The van der Waals surface area contributed by atoms with E-state index >= 15 is 0 Å². The molecule has 6 nitrogen and oxygen atoms in total. The van der Waals surface area contributed by atoms with Gasteiger partial charge in [0, 0.05) is 6.20 Å². The fourth-order valence-electron chi connectivity index (χ4n) is 2.09. The topological polar surface area (TPSA) is 74.1 Å². The predicted molar refractivity (Wildman–Crippen MR) is 80.0 cm³/mol. The van der Waals surface area contributed by atoms with Gasteiger partial charge in [-0.15, -0.1) is 0 Å². The van der Waals surface area contributed by atoms with Crippen molar-refractivity contribution in [2.45, 2.75) is 13.2 Å². The molecule has 6 heteroatoms. The molecule has 3 rings (SSSR count). The molecule has 3 aromatic rings. The van der Waals surface area contributed by atoms with Gasteiger partial charge in [-0.1, -0.05) is 18.2 Å². The van der Waals surface area contributed by atoms with Crippen molar-refractivity contribution in [2.75, 3.05) is 0 Å². The average Bonchev–Trinajstić information content (AvgIpc) is 2.56. The highest BCUT2D eigenvalue weighted by Gasteiger charge is 2.10. The van der Waals surface area contributed by atoms with Gasteiger partial charge >= 0.3 is 5.97 Å². The van der Waals surface area contributed by atoms with Gasteiger partial charge in [0.2, 0.25) is 0 Å². The molecule has 0 atom stereocenters. The molecule has 2 heterocycles. The summed E-state index contributed by atoms with van der Waals surface area (Å²) in [5.74, 6) is -0.496. The van der Waals surface area contributed by atoms with Gasteiger partial charge in [-0.05, 0) is 24.3 Å². The third-order valence-corrected chi connectivity index (χ3v) is 3.15. The van der Waals surface area contributed by atoms with Gasteiger partial charge in [0.15, 0.2) is 0 Å². The number of esters is 1. The van der Waals surface area contributed by atoms with Gasteiger partial charge in [-0.3, -0.25) is 19.1 Å². The van der Waals surface area contributed by atoms with Crippen LogP contribution in [0.15, 0.2) is 59.7 Å². The highest BCUT2D eigenvalue weighted by Crippen LogP contribution is 2.08. The van der Waals surface area contributed by atoms with Gasteiger partial charge in [0.05, 0.1) is 22.9 Å². The fraction of sp³-hybridized carbons (Fsp3) is 0.125. The number of hydrogen-bond acceptors (Lipinski definition) is 5. The molecule has 0 radical (unpaired) electrons. The van der Waals surface area contributed by atoms with E-state index in [-0.39, 0.29) is 18.7 Å². The maximum atomic E-state index is 12.0. The molecule has 0 saturated carbocycles. The predicted octanol–water partition coefficient (Wildman–Crippen LogP) is 1.53. The second kappa shape index (κ2) is 6.17. The maximum absolute atomic E-state index is 12.0. The van der Waals surface area contributed by atoms with E-state index in [0.29, 0.717) is 16.7 Å². The molecule has 0 aliphatic rings. The SMILES string of the molecule is O=C(Cn1c(=O)cnc2ccccc21)OCc1ccccn1. The Balaban J connectivity index is 1.77. The summed E-state index contributed by atoms with van der Waals surface area (Å²) in [7, 11) is 0. The van der Waals surface area contributed by atoms with E-state index in [1.807, 2.05) is 12.1 Å². The molecule has 0 amide bonds. The van der Waals surface area contributed by atoms with Crippen molar-refractivity contribution in [1.29, 1.82) is 0 Å². The van der Waals surface area contributed by atoms with Crippen LogP contribution in [0.4, 0.5) is 0 Å². The van der Waals surface area contributed by atoms with E-state index in [4.69, 9.17) is 4.74 Å². The first-order valence-electron chi connectivity index (χ1n) is 6.74. The van der Waals surface area contributed by atoms with E-state index in [1.165, 1.54) is 10.8 Å². The Morgan fingerprint density at radius 2 is 1.91 bits per heavy atom. The van der Waals surface area contributed by atoms with Crippen LogP contribution in [0.2, 0.25) is 0 Å². The van der Waals surface area contributed by atoms with Crippen LogP contribution in [0.5, 0.6) is 0 Å². The number of carbonyl (C=O) groups excluding carboxylic acids is 1. The fourth-order valence-corrected chi connectivity index (χ4v) is 2.09. The van der Waals surface area contributed by atoms with Crippen molar-refractivity contribution in [3.8, 4) is 0 Å². The molecule has 0 aliphatic heterocycles. The molecule has 110 valence electrons. The number of carbonyl (C=O) groups is 1. The van der Waals surface area contributed by atoms with E-state index in [9.17, 15) is 9.59 Å². The summed E-state index contributed by atoms with van der Waals surface area (Å²) in [6.45, 7) is -0.0772. The number of ether oxygens (including phenoxy) is 1. The van der Waals surface area contributed by atoms with Crippen LogP contribution in [-0.2, 0) is 22.7 Å². The Hall–Kier alpha value is -3.02. The quantitative estimate of drug-likeness (QED) is 0.682. The van der Waals surface area contributed by atoms with Gasteiger partial charge in [0.25, 0.3) is 5.56 Å². The lowest BCUT2D eigenvalue weighted by molar-refractivity contribution is -0.145. The van der Waals surface area contributed by atoms with Crippen molar-refractivity contribution < 1.29 is 9.53 Å². The molecule has 22 heavy (non-hydrogen) atoms. The van der Waals surface area contributed by atoms with E-state index < -0.39 is 5.97 Å². The lowest BCUT2D eigenvalue weighted by atomic mass is 10.3. The Morgan fingerprint density at radius 3 is 2.73 bits per heavy atom. The Kier molecular flexibility index (Phi) is 3.91. The highest BCUT2D eigenvalue weighted by atomic mass is 16.5. The summed E-state index contributed by atoms with van der Waals surface area (Å²) in [4.78, 5) is 32.0. The largest absolute Gasteiger partial charge is 0.458 e. The summed E-state index contributed by atoms with van der Waals surface area (Å²) >= 11 is 0. The van der Waals surface area contributed by atoms with Crippen molar-refractivity contribution >= 4 is 17.0 Å². The lowest BCUT2D eigenvalue weighted by Crippen LogP contribution is -2.25. The van der Waals surface area contributed by atoms with Gasteiger partial charge in [0.1, 0.15) is 13.2 Å². The van der Waals surface area contributed by atoms with Crippen LogP contribution >= 0.6 is 0 Å². The minimum atomic E-state index is -0.496. The lowest BCUT2D eigenvalue weighted by Gasteiger charge is -2.09. The zero-order chi connectivity index (χ0) is 15.4. The Morgan fingerprint density at radius 1 is 1.09 bits per heavy atom. The molecule has 0 spiro atoms. The molecule has 0 fully saturated rings. The summed E-state index contributed by atoms with van der Waals surface area (Å²) in [5, 5.41) is 0. The minimum Gasteiger partial charge on any atom is -0.458 e. The third kappa shape index (κ3) is 3.01. The van der Waals surface area contributed by atoms with Crippen molar-refractivity contribution in [1.82, 2.24) is 14.5 Å². The summed E-state index contributed by atoms with van der Waals surface area (Å²) in [6, 6.07) is 12.5. The number of hydrogen-bond donors (Lipinski definition) is 0.